The summed E-state index contributed by atoms with van der Waals surface area (Å²) in [5.74, 6) is -0.115. The molecule has 128 valence electrons. The minimum Gasteiger partial charge on any atom is -0.448 e. The average molecular weight is 356 g/mol. The first-order valence-electron chi connectivity index (χ1n) is 6.44. The third kappa shape index (κ3) is 5.93. The van der Waals surface area contributed by atoms with Crippen LogP contribution >= 0.6 is 12.4 Å². The van der Waals surface area contributed by atoms with Crippen LogP contribution in [0.4, 0.5) is 0 Å². The molecule has 0 aliphatic carbocycles. The number of aryl methyl sites for hydroxylation is 1. The number of halogens is 1. The van der Waals surface area contributed by atoms with Gasteiger partial charge < -0.3 is 19.8 Å². The van der Waals surface area contributed by atoms with Gasteiger partial charge in [0.2, 0.25) is 5.09 Å². The van der Waals surface area contributed by atoms with E-state index in [0.717, 1.165) is 0 Å². The zero-order valence-corrected chi connectivity index (χ0v) is 14.4. The van der Waals surface area contributed by atoms with Gasteiger partial charge >= 0.3 is 0 Å². The van der Waals surface area contributed by atoms with Gasteiger partial charge in [-0.05, 0) is 14.0 Å². The van der Waals surface area contributed by atoms with Crippen molar-refractivity contribution >= 4 is 28.3 Å². The molecule has 1 rings (SSSR count). The van der Waals surface area contributed by atoms with Crippen molar-refractivity contribution < 1.29 is 22.4 Å². The van der Waals surface area contributed by atoms with Crippen molar-refractivity contribution in [2.45, 2.75) is 12.0 Å². The van der Waals surface area contributed by atoms with Crippen LogP contribution in [-0.4, -0.2) is 54.7 Å². The molecule has 0 atom stereocenters. The molecule has 0 aliphatic heterocycles. The second-order valence-electron chi connectivity index (χ2n) is 4.24. The second kappa shape index (κ2) is 9.80. The Balaban J connectivity index is 0.00000441. The Labute approximate surface area is 136 Å². The molecule has 0 fully saturated rings. The fourth-order valence-electron chi connectivity index (χ4n) is 1.57. The molecule has 22 heavy (non-hydrogen) atoms. The average Bonchev–Trinajstić information content (AvgIpc) is 2.85. The zero-order chi connectivity index (χ0) is 15.9. The topological polar surface area (TPSA) is 110 Å². The van der Waals surface area contributed by atoms with Crippen LogP contribution in [0.5, 0.6) is 0 Å². The van der Waals surface area contributed by atoms with Gasteiger partial charge in [-0.1, -0.05) is 0 Å². The minimum absolute atomic E-state index is 0. The van der Waals surface area contributed by atoms with Crippen molar-refractivity contribution in [2.24, 2.45) is 0 Å². The van der Waals surface area contributed by atoms with Crippen molar-refractivity contribution in [1.29, 1.82) is 0 Å². The number of hydrogen-bond donors (Lipinski definition) is 3. The van der Waals surface area contributed by atoms with Gasteiger partial charge in [-0.3, -0.25) is 4.79 Å². The normalized spacial score (nSPS) is 11.0. The first kappa shape index (κ1) is 20.9. The number of furan rings is 1. The lowest BCUT2D eigenvalue weighted by atomic mass is 10.2. The highest BCUT2D eigenvalue weighted by Crippen LogP contribution is 2.18. The predicted molar refractivity (Wildman–Crippen MR) is 84.0 cm³/mol. The molecule has 1 heterocycles. The zero-order valence-electron chi connectivity index (χ0n) is 12.8. The summed E-state index contributed by atoms with van der Waals surface area (Å²) in [6.45, 7) is 3.84. The Hall–Kier alpha value is -1.13. The number of hydrogen-bond acceptors (Lipinski definition) is 6. The molecular weight excluding hydrogens is 334 g/mol. The molecule has 0 unspecified atom stereocenters. The maximum Gasteiger partial charge on any atom is 0.273 e. The van der Waals surface area contributed by atoms with Crippen molar-refractivity contribution in [3.05, 3.63) is 17.4 Å². The van der Waals surface area contributed by atoms with E-state index < -0.39 is 10.0 Å². The monoisotopic (exact) mass is 355 g/mol. The van der Waals surface area contributed by atoms with E-state index in [2.05, 4.69) is 15.4 Å². The van der Waals surface area contributed by atoms with Gasteiger partial charge in [-0.2, -0.15) is 0 Å². The molecule has 0 saturated heterocycles. The van der Waals surface area contributed by atoms with Crippen LogP contribution in [0.15, 0.2) is 15.6 Å². The van der Waals surface area contributed by atoms with Crippen LogP contribution in [0.2, 0.25) is 0 Å². The summed E-state index contributed by atoms with van der Waals surface area (Å²) in [5.41, 5.74) is 0.209. The summed E-state index contributed by atoms with van der Waals surface area (Å²) in [7, 11) is -0.802. The third-order valence-corrected chi connectivity index (χ3v) is 4.01. The molecule has 10 heteroatoms. The smallest absolute Gasteiger partial charge is 0.273 e. The Morgan fingerprint density at radius 3 is 2.59 bits per heavy atom. The second-order valence-corrected chi connectivity index (χ2v) is 6.06. The molecule has 0 bridgehead atoms. The summed E-state index contributed by atoms with van der Waals surface area (Å²) in [6.07, 6.45) is 0. The molecule has 1 amide bonds. The largest absolute Gasteiger partial charge is 0.448 e. The highest BCUT2D eigenvalue weighted by atomic mass is 35.5. The molecule has 8 nitrogen and oxygen atoms in total. The van der Waals surface area contributed by atoms with Gasteiger partial charge in [0.15, 0.2) is 0 Å². The summed E-state index contributed by atoms with van der Waals surface area (Å²) in [6, 6.07) is 1.22. The van der Waals surface area contributed by atoms with E-state index in [4.69, 9.17) is 9.15 Å². The standard InChI is InChI=1S/C12H21N3O5S.ClH/c1-9-10(8-11(20-9)21(17,18)13-2)12(16)15-5-4-14-6-7-19-3;/h8,13-14H,4-7H2,1-3H3,(H,15,16);1H. The van der Waals surface area contributed by atoms with Gasteiger partial charge in [-0.25, -0.2) is 13.1 Å². The maximum atomic E-state index is 11.9. The molecule has 0 aliphatic rings. The van der Waals surface area contributed by atoms with Crippen LogP contribution in [-0.2, 0) is 14.8 Å². The number of carbonyl (C=O) groups excluding carboxylic acids is 1. The van der Waals surface area contributed by atoms with Crippen molar-refractivity contribution in [1.82, 2.24) is 15.4 Å². The molecule has 0 spiro atoms. The third-order valence-electron chi connectivity index (χ3n) is 2.74. The SMILES string of the molecule is CNS(=O)(=O)c1cc(C(=O)NCCNCCOC)c(C)o1.Cl. The number of methoxy groups -OCH3 is 1. The number of sulfonamides is 1. The molecule has 3 N–H and O–H groups in total. The van der Waals surface area contributed by atoms with E-state index in [9.17, 15) is 13.2 Å². The van der Waals surface area contributed by atoms with Crippen molar-refractivity contribution in [3.8, 4) is 0 Å². The lowest BCUT2D eigenvalue weighted by molar-refractivity contribution is 0.0952. The fraction of sp³-hybridized carbons (Fsp3) is 0.583. The molecule has 0 saturated carbocycles. The molecule has 1 aromatic rings. The summed E-state index contributed by atoms with van der Waals surface area (Å²) in [4.78, 5) is 11.9. The van der Waals surface area contributed by atoms with Crippen LogP contribution in [0.3, 0.4) is 0 Å². The number of carbonyl (C=O) groups is 1. The first-order chi connectivity index (χ1) is 9.92. The Morgan fingerprint density at radius 2 is 2.00 bits per heavy atom. The summed E-state index contributed by atoms with van der Waals surface area (Å²) < 4.78 is 35.3. The van der Waals surface area contributed by atoms with Crippen LogP contribution in [0, 0.1) is 6.92 Å². The quantitative estimate of drug-likeness (QED) is 0.533. The van der Waals surface area contributed by atoms with E-state index in [1.165, 1.54) is 13.1 Å². The number of ether oxygens (including phenoxy) is 1. The Bertz CT molecular complexity index is 573. The van der Waals surface area contributed by atoms with E-state index in [1.807, 2.05) is 0 Å². The number of nitrogens with one attached hydrogen (secondary N) is 3. The van der Waals surface area contributed by atoms with Gasteiger partial charge in [-0.15, -0.1) is 12.4 Å². The highest BCUT2D eigenvalue weighted by Gasteiger charge is 2.22. The summed E-state index contributed by atoms with van der Waals surface area (Å²) in [5, 5.41) is 5.49. The molecule has 0 aromatic carbocycles. The van der Waals surface area contributed by atoms with Gasteiger partial charge in [0.05, 0.1) is 12.2 Å². The van der Waals surface area contributed by atoms with Crippen molar-refractivity contribution in [2.75, 3.05) is 40.4 Å². The lowest BCUT2D eigenvalue weighted by Crippen LogP contribution is -2.33. The minimum atomic E-state index is -3.69. The van der Waals surface area contributed by atoms with Crippen LogP contribution in [0.1, 0.15) is 16.1 Å². The molecule has 1 aromatic heterocycles. The van der Waals surface area contributed by atoms with E-state index >= 15 is 0 Å². The van der Waals surface area contributed by atoms with Crippen LogP contribution < -0.4 is 15.4 Å². The summed E-state index contributed by atoms with van der Waals surface area (Å²) >= 11 is 0. The fourth-order valence-corrected chi connectivity index (χ4v) is 2.28. The van der Waals surface area contributed by atoms with E-state index in [1.54, 1.807) is 14.0 Å². The van der Waals surface area contributed by atoms with Gasteiger partial charge in [0, 0.05) is 32.8 Å². The van der Waals surface area contributed by atoms with Gasteiger partial charge in [0.25, 0.3) is 15.9 Å². The Kier molecular flexibility index (Phi) is 9.30. The van der Waals surface area contributed by atoms with E-state index in [-0.39, 0.29) is 34.7 Å². The lowest BCUT2D eigenvalue weighted by Gasteiger charge is -2.05. The predicted octanol–water partition coefficient (Wildman–Crippen LogP) is -0.116. The number of rotatable bonds is 9. The Morgan fingerprint density at radius 1 is 1.32 bits per heavy atom. The van der Waals surface area contributed by atoms with Crippen molar-refractivity contribution in [3.63, 3.8) is 0 Å². The molecular formula is C12H22ClN3O5S. The maximum absolute atomic E-state index is 11.9. The van der Waals surface area contributed by atoms with Gasteiger partial charge in [0.1, 0.15) is 5.76 Å². The van der Waals surface area contributed by atoms with Crippen LogP contribution in [0.25, 0.3) is 0 Å². The van der Waals surface area contributed by atoms with E-state index in [0.29, 0.717) is 26.2 Å². The highest BCUT2D eigenvalue weighted by molar-refractivity contribution is 7.89. The first-order valence-corrected chi connectivity index (χ1v) is 7.92. The molecule has 0 radical (unpaired) electrons. The number of amides is 1.